The number of hydrogen-bond acceptors (Lipinski definition) is 4. The lowest BCUT2D eigenvalue weighted by molar-refractivity contribution is 0.0999. The van der Waals surface area contributed by atoms with Gasteiger partial charge in [-0.05, 0) is 28.1 Å². The van der Waals surface area contributed by atoms with Gasteiger partial charge >= 0.3 is 0 Å². The average Bonchev–Trinajstić information content (AvgIpc) is 2.41. The molecular weight excluding hydrogens is 312 g/mol. The monoisotopic (exact) mass is 322 g/mol. The van der Waals surface area contributed by atoms with Crippen LogP contribution in [0.25, 0.3) is 0 Å². The number of benzene rings is 1. The second kappa shape index (κ2) is 5.71. The molecule has 0 saturated carbocycles. The van der Waals surface area contributed by atoms with E-state index in [1.165, 1.54) is 7.11 Å². The molecule has 0 atom stereocenters. The molecule has 0 spiro atoms. The maximum absolute atomic E-state index is 11.2. The van der Waals surface area contributed by atoms with E-state index in [4.69, 9.17) is 15.2 Å². The lowest BCUT2D eigenvalue weighted by Gasteiger charge is -2.10. The van der Waals surface area contributed by atoms with Gasteiger partial charge in [0, 0.05) is 30.1 Å². The van der Waals surface area contributed by atoms with Crippen molar-refractivity contribution in [1.82, 2.24) is 4.98 Å². The molecule has 1 aromatic heterocycles. The maximum Gasteiger partial charge on any atom is 0.248 e. The molecule has 0 fully saturated rings. The molecule has 0 aliphatic carbocycles. The number of amides is 1. The van der Waals surface area contributed by atoms with Gasteiger partial charge in [-0.2, -0.15) is 0 Å². The molecule has 5 nitrogen and oxygen atoms in total. The predicted molar refractivity (Wildman–Crippen MR) is 73.5 cm³/mol. The van der Waals surface area contributed by atoms with Crippen LogP contribution in [0.2, 0.25) is 0 Å². The van der Waals surface area contributed by atoms with Crippen LogP contribution in [0.15, 0.2) is 41.1 Å². The van der Waals surface area contributed by atoms with E-state index in [9.17, 15) is 4.79 Å². The Balaban J connectivity index is 2.37. The summed E-state index contributed by atoms with van der Waals surface area (Å²) >= 11 is 3.33. The molecule has 0 saturated heterocycles. The summed E-state index contributed by atoms with van der Waals surface area (Å²) in [5, 5.41) is 0. The molecule has 1 heterocycles. The standard InChI is InChI=1S/C13H11BrN2O3/c1-18-9-4-8(13(15)17)5-10(6-9)19-12-2-3-16-7-11(12)14/h2-7H,1H3,(H2,15,17). The van der Waals surface area contributed by atoms with E-state index in [1.54, 1.807) is 36.7 Å². The van der Waals surface area contributed by atoms with Crippen molar-refractivity contribution < 1.29 is 14.3 Å². The number of carbonyl (C=O) groups excluding carboxylic acids is 1. The van der Waals surface area contributed by atoms with Gasteiger partial charge in [0.2, 0.25) is 5.91 Å². The minimum absolute atomic E-state index is 0.319. The third-order valence-corrected chi connectivity index (χ3v) is 2.96. The van der Waals surface area contributed by atoms with Crippen molar-refractivity contribution in [3.8, 4) is 17.2 Å². The number of halogens is 1. The molecule has 1 aromatic carbocycles. The molecular formula is C13H11BrN2O3. The molecule has 0 aliphatic rings. The topological polar surface area (TPSA) is 74.4 Å². The van der Waals surface area contributed by atoms with Gasteiger partial charge < -0.3 is 15.2 Å². The van der Waals surface area contributed by atoms with E-state index in [2.05, 4.69) is 20.9 Å². The predicted octanol–water partition coefficient (Wildman–Crippen LogP) is 2.74. The molecule has 6 heteroatoms. The van der Waals surface area contributed by atoms with Crippen LogP contribution < -0.4 is 15.2 Å². The number of hydrogen-bond donors (Lipinski definition) is 1. The van der Waals surface area contributed by atoms with Crippen molar-refractivity contribution in [1.29, 1.82) is 0 Å². The summed E-state index contributed by atoms with van der Waals surface area (Å²) in [5.41, 5.74) is 5.58. The van der Waals surface area contributed by atoms with E-state index >= 15 is 0 Å². The number of aromatic nitrogens is 1. The summed E-state index contributed by atoms with van der Waals surface area (Å²) in [6.45, 7) is 0. The quantitative estimate of drug-likeness (QED) is 0.939. The van der Waals surface area contributed by atoms with Gasteiger partial charge in [0.1, 0.15) is 17.2 Å². The summed E-state index contributed by atoms with van der Waals surface area (Å²) in [6, 6.07) is 6.47. The molecule has 1 amide bonds. The molecule has 98 valence electrons. The van der Waals surface area contributed by atoms with Crippen molar-refractivity contribution in [2.75, 3.05) is 7.11 Å². The van der Waals surface area contributed by atoms with Crippen LogP contribution in [-0.2, 0) is 0 Å². The van der Waals surface area contributed by atoms with E-state index < -0.39 is 5.91 Å². The number of pyridine rings is 1. The van der Waals surface area contributed by atoms with E-state index in [0.717, 1.165) is 0 Å². The third-order valence-electron chi connectivity index (χ3n) is 2.36. The Hall–Kier alpha value is -2.08. The zero-order valence-electron chi connectivity index (χ0n) is 10.1. The van der Waals surface area contributed by atoms with Crippen LogP contribution in [-0.4, -0.2) is 18.0 Å². The fourth-order valence-corrected chi connectivity index (χ4v) is 1.79. The highest BCUT2D eigenvalue weighted by atomic mass is 79.9. The fraction of sp³-hybridized carbons (Fsp3) is 0.0769. The first-order chi connectivity index (χ1) is 9.10. The number of methoxy groups -OCH3 is 1. The highest BCUT2D eigenvalue weighted by Gasteiger charge is 2.09. The molecule has 2 N–H and O–H groups in total. The van der Waals surface area contributed by atoms with Gasteiger partial charge in [-0.1, -0.05) is 0 Å². The fourth-order valence-electron chi connectivity index (χ4n) is 1.46. The molecule has 19 heavy (non-hydrogen) atoms. The number of carbonyl (C=O) groups is 1. The summed E-state index contributed by atoms with van der Waals surface area (Å²) in [7, 11) is 1.51. The molecule has 0 bridgehead atoms. The summed E-state index contributed by atoms with van der Waals surface area (Å²) < 4.78 is 11.5. The Morgan fingerprint density at radius 3 is 2.68 bits per heavy atom. The molecule has 2 aromatic rings. The Labute approximate surface area is 118 Å². The zero-order chi connectivity index (χ0) is 13.8. The third kappa shape index (κ3) is 3.23. The number of nitrogens with two attached hydrogens (primary N) is 1. The molecule has 0 unspecified atom stereocenters. The first-order valence-corrected chi connectivity index (χ1v) is 6.15. The van der Waals surface area contributed by atoms with Crippen molar-refractivity contribution in [2.45, 2.75) is 0 Å². The van der Waals surface area contributed by atoms with E-state index in [1.807, 2.05) is 0 Å². The van der Waals surface area contributed by atoms with Gasteiger partial charge in [0.05, 0.1) is 11.6 Å². The SMILES string of the molecule is COc1cc(Oc2ccncc2Br)cc(C(N)=O)c1. The maximum atomic E-state index is 11.2. The van der Waals surface area contributed by atoms with Gasteiger partial charge in [-0.25, -0.2) is 0 Å². The second-order valence-corrected chi connectivity index (χ2v) is 4.52. The Morgan fingerprint density at radius 2 is 2.05 bits per heavy atom. The van der Waals surface area contributed by atoms with Crippen LogP contribution >= 0.6 is 15.9 Å². The van der Waals surface area contributed by atoms with Crippen LogP contribution in [0.5, 0.6) is 17.2 Å². The molecule has 0 aliphatic heterocycles. The summed E-state index contributed by atoms with van der Waals surface area (Å²) in [4.78, 5) is 15.2. The average molecular weight is 323 g/mol. The smallest absolute Gasteiger partial charge is 0.248 e. The molecule has 0 radical (unpaired) electrons. The number of rotatable bonds is 4. The number of primary amides is 1. The minimum atomic E-state index is -0.544. The summed E-state index contributed by atoms with van der Waals surface area (Å²) in [5.74, 6) is 0.993. The number of nitrogens with zero attached hydrogens (tertiary/aromatic N) is 1. The van der Waals surface area contributed by atoms with Gasteiger partial charge in [0.15, 0.2) is 0 Å². The minimum Gasteiger partial charge on any atom is -0.497 e. The van der Waals surface area contributed by atoms with Gasteiger partial charge in [0.25, 0.3) is 0 Å². The van der Waals surface area contributed by atoms with Crippen molar-refractivity contribution >= 4 is 21.8 Å². The Morgan fingerprint density at radius 1 is 1.32 bits per heavy atom. The van der Waals surface area contributed by atoms with Crippen molar-refractivity contribution in [3.05, 3.63) is 46.7 Å². The van der Waals surface area contributed by atoms with Crippen LogP contribution in [0, 0.1) is 0 Å². The normalized spacial score (nSPS) is 10.0. The van der Waals surface area contributed by atoms with E-state index in [-0.39, 0.29) is 0 Å². The van der Waals surface area contributed by atoms with Crippen LogP contribution in [0.1, 0.15) is 10.4 Å². The van der Waals surface area contributed by atoms with Crippen molar-refractivity contribution in [3.63, 3.8) is 0 Å². The van der Waals surface area contributed by atoms with Crippen molar-refractivity contribution in [2.24, 2.45) is 5.73 Å². The van der Waals surface area contributed by atoms with E-state index in [0.29, 0.717) is 27.3 Å². The first-order valence-electron chi connectivity index (χ1n) is 5.36. The Bertz CT molecular complexity index is 617. The van der Waals surface area contributed by atoms with Crippen LogP contribution in [0.3, 0.4) is 0 Å². The Kier molecular flexibility index (Phi) is 4.01. The largest absolute Gasteiger partial charge is 0.497 e. The van der Waals surface area contributed by atoms with Crippen LogP contribution in [0.4, 0.5) is 0 Å². The second-order valence-electron chi connectivity index (χ2n) is 3.67. The number of ether oxygens (including phenoxy) is 2. The lowest BCUT2D eigenvalue weighted by Crippen LogP contribution is -2.11. The first kappa shape index (κ1) is 13.4. The lowest BCUT2D eigenvalue weighted by atomic mass is 10.2. The summed E-state index contributed by atoms with van der Waals surface area (Å²) in [6.07, 6.45) is 3.22. The zero-order valence-corrected chi connectivity index (χ0v) is 11.7. The highest BCUT2D eigenvalue weighted by Crippen LogP contribution is 2.31. The van der Waals surface area contributed by atoms with Gasteiger partial charge in [-0.15, -0.1) is 0 Å². The van der Waals surface area contributed by atoms with Gasteiger partial charge in [-0.3, -0.25) is 9.78 Å². The highest BCUT2D eigenvalue weighted by molar-refractivity contribution is 9.10. The molecule has 2 rings (SSSR count).